The minimum Gasteiger partial charge on any atom is -0.349 e. The molecule has 16 heavy (non-hydrogen) atoms. The van der Waals surface area contributed by atoms with Crippen molar-refractivity contribution < 1.29 is 0 Å². The van der Waals surface area contributed by atoms with E-state index in [-0.39, 0.29) is 11.4 Å². The number of anilines is 4. The van der Waals surface area contributed by atoms with Crippen molar-refractivity contribution in [1.29, 1.82) is 0 Å². The Labute approximate surface area is 89.1 Å². The number of rotatable bonds is 0. The van der Waals surface area contributed by atoms with Crippen molar-refractivity contribution in [3.8, 4) is 0 Å². The Morgan fingerprint density at radius 2 is 1.12 bits per heavy atom. The molecule has 0 bridgehead atoms. The molecule has 0 saturated carbocycles. The third kappa shape index (κ3) is 0.967. The molecule has 1 aliphatic heterocycles. The fraction of sp³-hybridized carbons (Fsp3) is 0. The fourth-order valence-corrected chi connectivity index (χ4v) is 1.77. The Balaban J connectivity index is 2.32. The first-order chi connectivity index (χ1) is 7.68. The SMILES string of the molecule is O=c1c2c(c(=O)c1=O)Nc1ccccc1N2. The Hall–Kier alpha value is -2.43. The summed E-state index contributed by atoms with van der Waals surface area (Å²) in [6, 6.07) is 7.10. The van der Waals surface area contributed by atoms with Crippen LogP contribution >= 0.6 is 0 Å². The van der Waals surface area contributed by atoms with Crippen molar-refractivity contribution >= 4 is 22.7 Å². The minimum absolute atomic E-state index is 0.0497. The first-order valence-corrected chi connectivity index (χ1v) is 4.69. The minimum atomic E-state index is -0.988. The molecule has 0 amide bonds. The third-order valence-electron chi connectivity index (χ3n) is 2.56. The number of para-hydroxylation sites is 2. The van der Waals surface area contributed by atoms with Gasteiger partial charge in [-0.05, 0) is 12.1 Å². The van der Waals surface area contributed by atoms with Gasteiger partial charge in [-0.3, -0.25) is 14.4 Å². The molecule has 3 rings (SSSR count). The van der Waals surface area contributed by atoms with E-state index in [2.05, 4.69) is 10.6 Å². The summed E-state index contributed by atoms with van der Waals surface area (Å²) in [5.74, 6) is 0. The van der Waals surface area contributed by atoms with Gasteiger partial charge in [-0.1, -0.05) is 12.1 Å². The molecule has 5 heteroatoms. The van der Waals surface area contributed by atoms with Crippen molar-refractivity contribution in [2.45, 2.75) is 0 Å². The molecule has 0 aromatic heterocycles. The van der Waals surface area contributed by atoms with Crippen LogP contribution in [0.1, 0.15) is 0 Å². The van der Waals surface area contributed by atoms with Crippen molar-refractivity contribution in [2.24, 2.45) is 0 Å². The second-order valence-corrected chi connectivity index (χ2v) is 3.53. The average molecular weight is 214 g/mol. The molecule has 2 N–H and O–H groups in total. The van der Waals surface area contributed by atoms with Crippen molar-refractivity contribution in [1.82, 2.24) is 0 Å². The molecule has 78 valence electrons. The predicted octanol–water partition coefficient (Wildman–Crippen LogP) is 0.443. The molecule has 1 heterocycles. The number of nitrogens with one attached hydrogen (secondary N) is 2. The van der Waals surface area contributed by atoms with Crippen LogP contribution in [0.25, 0.3) is 0 Å². The van der Waals surface area contributed by atoms with Crippen molar-refractivity contribution in [3.05, 3.63) is 54.9 Å². The van der Waals surface area contributed by atoms with Crippen LogP contribution in [0.4, 0.5) is 22.7 Å². The van der Waals surface area contributed by atoms with Crippen LogP contribution in [-0.2, 0) is 0 Å². The van der Waals surface area contributed by atoms with Gasteiger partial charge in [0.25, 0.3) is 16.3 Å². The van der Waals surface area contributed by atoms with E-state index >= 15 is 0 Å². The summed E-state index contributed by atoms with van der Waals surface area (Å²) in [5, 5.41) is 5.59. The molecule has 1 aliphatic rings. The smallest absolute Gasteiger partial charge is 0.277 e. The molecule has 0 spiro atoms. The van der Waals surface area contributed by atoms with Crippen LogP contribution in [0.2, 0.25) is 0 Å². The van der Waals surface area contributed by atoms with Crippen LogP contribution in [0, 0.1) is 0 Å². The lowest BCUT2D eigenvalue weighted by molar-refractivity contribution is 1.46. The van der Waals surface area contributed by atoms with Gasteiger partial charge in [0, 0.05) is 0 Å². The van der Waals surface area contributed by atoms with Crippen molar-refractivity contribution in [2.75, 3.05) is 10.6 Å². The third-order valence-corrected chi connectivity index (χ3v) is 2.56. The highest BCUT2D eigenvalue weighted by Gasteiger charge is 2.24. The Morgan fingerprint density at radius 1 is 0.688 bits per heavy atom. The second kappa shape index (κ2) is 2.79. The molecule has 0 aliphatic carbocycles. The summed E-state index contributed by atoms with van der Waals surface area (Å²) in [5.41, 5.74) is -1.08. The van der Waals surface area contributed by atoms with E-state index in [1.807, 2.05) is 0 Å². The van der Waals surface area contributed by atoms with E-state index < -0.39 is 16.3 Å². The molecular formula is C11H6N2O3. The van der Waals surface area contributed by atoms with E-state index in [0.29, 0.717) is 11.4 Å². The Morgan fingerprint density at radius 3 is 1.56 bits per heavy atom. The number of benzene rings is 1. The molecule has 2 aromatic rings. The zero-order valence-electron chi connectivity index (χ0n) is 8.03. The molecule has 0 unspecified atom stereocenters. The van der Waals surface area contributed by atoms with Gasteiger partial charge in [0.05, 0.1) is 11.4 Å². The molecule has 0 saturated heterocycles. The molecular weight excluding hydrogens is 208 g/mol. The largest absolute Gasteiger partial charge is 0.349 e. The molecule has 0 radical (unpaired) electrons. The zero-order valence-corrected chi connectivity index (χ0v) is 8.03. The number of hydrogen-bond acceptors (Lipinski definition) is 5. The summed E-state index contributed by atoms with van der Waals surface area (Å²) in [6.45, 7) is 0. The average Bonchev–Trinajstić information content (AvgIpc) is 2.52. The summed E-state index contributed by atoms with van der Waals surface area (Å²) >= 11 is 0. The van der Waals surface area contributed by atoms with Gasteiger partial charge in [0.2, 0.25) is 0 Å². The number of hydrogen-bond donors (Lipinski definition) is 2. The lowest BCUT2D eigenvalue weighted by atomic mass is 10.2. The monoisotopic (exact) mass is 214 g/mol. The maximum atomic E-state index is 11.4. The highest BCUT2D eigenvalue weighted by molar-refractivity contribution is 5.90. The Kier molecular flexibility index (Phi) is 1.54. The predicted molar refractivity (Wildman–Crippen MR) is 60.6 cm³/mol. The normalized spacial score (nSPS) is 12.2. The lowest BCUT2D eigenvalue weighted by Gasteiger charge is -2.18. The quantitative estimate of drug-likeness (QED) is 0.531. The standard InChI is InChI=1S/C11H6N2O3/c14-9-7-8(10(15)11(9)16)13-6-4-2-1-3-5(6)12-7/h1-4,12-13H. The maximum Gasteiger partial charge on any atom is 0.277 e. The summed E-state index contributed by atoms with van der Waals surface area (Å²) < 4.78 is 0. The first-order valence-electron chi connectivity index (χ1n) is 4.69. The van der Waals surface area contributed by atoms with Gasteiger partial charge in [-0.25, -0.2) is 0 Å². The van der Waals surface area contributed by atoms with Crippen molar-refractivity contribution in [3.63, 3.8) is 0 Å². The lowest BCUT2D eigenvalue weighted by Crippen LogP contribution is -2.30. The highest BCUT2D eigenvalue weighted by Crippen LogP contribution is 2.33. The first kappa shape index (κ1) is 8.84. The second-order valence-electron chi connectivity index (χ2n) is 3.53. The Bertz CT molecular complexity index is 667. The number of fused-ring (bicyclic) bond motifs is 2. The van der Waals surface area contributed by atoms with E-state index in [0.717, 1.165) is 0 Å². The van der Waals surface area contributed by atoms with Gasteiger partial charge >= 0.3 is 0 Å². The van der Waals surface area contributed by atoms with Crippen LogP contribution < -0.4 is 26.9 Å². The van der Waals surface area contributed by atoms with Crippen LogP contribution in [0.3, 0.4) is 0 Å². The van der Waals surface area contributed by atoms with Gasteiger partial charge in [-0.15, -0.1) is 0 Å². The molecule has 0 fully saturated rings. The van der Waals surface area contributed by atoms with Crippen LogP contribution in [-0.4, -0.2) is 0 Å². The van der Waals surface area contributed by atoms with E-state index in [9.17, 15) is 14.4 Å². The molecule has 5 nitrogen and oxygen atoms in total. The summed E-state index contributed by atoms with van der Waals surface area (Å²) in [4.78, 5) is 34.1. The topological polar surface area (TPSA) is 75.3 Å². The van der Waals surface area contributed by atoms with E-state index in [1.165, 1.54) is 0 Å². The summed E-state index contributed by atoms with van der Waals surface area (Å²) in [6.07, 6.45) is 0. The maximum absolute atomic E-state index is 11.4. The molecule has 2 aromatic carbocycles. The summed E-state index contributed by atoms with van der Waals surface area (Å²) in [7, 11) is 0. The zero-order chi connectivity index (χ0) is 11.3. The van der Waals surface area contributed by atoms with Crippen LogP contribution in [0.5, 0.6) is 0 Å². The van der Waals surface area contributed by atoms with Gasteiger partial charge in [0.15, 0.2) is 0 Å². The van der Waals surface area contributed by atoms with Crippen LogP contribution in [0.15, 0.2) is 38.6 Å². The molecule has 0 atom stereocenters. The van der Waals surface area contributed by atoms with E-state index in [1.54, 1.807) is 24.3 Å². The van der Waals surface area contributed by atoms with E-state index in [4.69, 9.17) is 0 Å². The van der Waals surface area contributed by atoms with Gasteiger partial charge in [0.1, 0.15) is 11.4 Å². The highest BCUT2D eigenvalue weighted by atomic mass is 16.2. The fourth-order valence-electron chi connectivity index (χ4n) is 1.77. The van der Waals surface area contributed by atoms with Gasteiger partial charge in [-0.2, -0.15) is 0 Å². The van der Waals surface area contributed by atoms with Gasteiger partial charge < -0.3 is 10.6 Å².